The van der Waals surface area contributed by atoms with Gasteiger partial charge in [-0.1, -0.05) is 32.9 Å². The number of hydrogen-bond donors (Lipinski definition) is 2. The van der Waals surface area contributed by atoms with Gasteiger partial charge >= 0.3 is 0 Å². The molecule has 6 nitrogen and oxygen atoms in total. The molecule has 122 valence electrons. The van der Waals surface area contributed by atoms with E-state index in [1.54, 1.807) is 7.05 Å². The van der Waals surface area contributed by atoms with Crippen molar-refractivity contribution >= 4 is 29.9 Å². The minimum atomic E-state index is 0. The van der Waals surface area contributed by atoms with Crippen LogP contribution in [-0.4, -0.2) is 36.2 Å². The maximum atomic E-state index is 5.19. The zero-order chi connectivity index (χ0) is 15.0. The van der Waals surface area contributed by atoms with Gasteiger partial charge in [0.15, 0.2) is 11.8 Å². The predicted octanol–water partition coefficient (Wildman–Crippen LogP) is 2.56. The third-order valence-corrected chi connectivity index (χ3v) is 2.87. The monoisotopic (exact) mass is 409 g/mol. The van der Waals surface area contributed by atoms with Crippen LogP contribution in [0.3, 0.4) is 0 Å². The lowest BCUT2D eigenvalue weighted by molar-refractivity contribution is 0.371. The van der Waals surface area contributed by atoms with Gasteiger partial charge in [-0.15, -0.1) is 24.0 Å². The maximum absolute atomic E-state index is 5.19. The number of nitrogens with zero attached hydrogens (tertiary/aromatic N) is 3. The number of aromatic nitrogens is 2. The lowest BCUT2D eigenvalue weighted by Gasteiger charge is -2.11. The summed E-state index contributed by atoms with van der Waals surface area (Å²) >= 11 is 0. The highest BCUT2D eigenvalue weighted by Crippen LogP contribution is 2.09. The van der Waals surface area contributed by atoms with Gasteiger partial charge in [-0.05, 0) is 12.3 Å². The number of hydrogen-bond acceptors (Lipinski definition) is 4. The van der Waals surface area contributed by atoms with Crippen LogP contribution < -0.4 is 10.6 Å². The summed E-state index contributed by atoms with van der Waals surface area (Å²) in [5.74, 6) is 3.23. The van der Waals surface area contributed by atoms with Crippen molar-refractivity contribution in [2.24, 2.45) is 10.9 Å². The molecule has 0 radical (unpaired) electrons. The zero-order valence-corrected chi connectivity index (χ0v) is 16.0. The minimum absolute atomic E-state index is 0. The molecule has 0 aliphatic rings. The molecule has 0 unspecified atom stereocenters. The average Bonchev–Trinajstić information content (AvgIpc) is 2.85. The number of halogens is 1. The molecular formula is C14H28IN5O. The fourth-order valence-corrected chi connectivity index (χ4v) is 1.59. The normalized spacial score (nSPS) is 11.7. The summed E-state index contributed by atoms with van der Waals surface area (Å²) < 4.78 is 5.19. The molecule has 1 aromatic heterocycles. The molecule has 0 aromatic carbocycles. The molecule has 0 aliphatic carbocycles. The molecule has 1 heterocycles. The molecule has 2 N–H and O–H groups in total. The molecule has 1 aromatic rings. The second-order valence-corrected chi connectivity index (χ2v) is 5.56. The van der Waals surface area contributed by atoms with E-state index >= 15 is 0 Å². The topological polar surface area (TPSA) is 75.3 Å². The SMILES string of the molecule is CN=C(NCCc1nc(C(C)C)no1)NCCC(C)C.I. The van der Waals surface area contributed by atoms with Gasteiger partial charge in [0.05, 0.1) is 0 Å². The number of rotatable bonds is 7. The Morgan fingerprint density at radius 3 is 2.38 bits per heavy atom. The molecule has 0 spiro atoms. The van der Waals surface area contributed by atoms with Crippen molar-refractivity contribution in [3.8, 4) is 0 Å². The predicted molar refractivity (Wildman–Crippen MR) is 96.3 cm³/mol. The van der Waals surface area contributed by atoms with Crippen molar-refractivity contribution in [2.75, 3.05) is 20.1 Å². The Morgan fingerprint density at radius 2 is 1.86 bits per heavy atom. The van der Waals surface area contributed by atoms with E-state index in [1.807, 2.05) is 13.8 Å². The Bertz CT molecular complexity index is 417. The minimum Gasteiger partial charge on any atom is -0.356 e. The van der Waals surface area contributed by atoms with E-state index < -0.39 is 0 Å². The molecule has 0 fully saturated rings. The summed E-state index contributed by atoms with van der Waals surface area (Å²) in [6, 6.07) is 0. The van der Waals surface area contributed by atoms with Crippen molar-refractivity contribution < 1.29 is 4.52 Å². The molecule has 1 rings (SSSR count). The van der Waals surface area contributed by atoms with Crippen LogP contribution in [-0.2, 0) is 6.42 Å². The Morgan fingerprint density at radius 1 is 1.19 bits per heavy atom. The second-order valence-electron chi connectivity index (χ2n) is 5.56. The van der Waals surface area contributed by atoms with Crippen molar-refractivity contribution in [3.05, 3.63) is 11.7 Å². The van der Waals surface area contributed by atoms with Crippen molar-refractivity contribution in [1.29, 1.82) is 0 Å². The van der Waals surface area contributed by atoms with Gasteiger partial charge in [0, 0.05) is 32.5 Å². The lowest BCUT2D eigenvalue weighted by Crippen LogP contribution is -2.39. The molecule has 7 heteroatoms. The van der Waals surface area contributed by atoms with E-state index in [2.05, 4.69) is 39.6 Å². The Labute approximate surface area is 144 Å². The van der Waals surface area contributed by atoms with Gasteiger partial charge in [0.25, 0.3) is 0 Å². The molecule has 0 atom stereocenters. The molecule has 0 aliphatic heterocycles. The summed E-state index contributed by atoms with van der Waals surface area (Å²) in [5, 5.41) is 10.5. The van der Waals surface area contributed by atoms with Crippen LogP contribution in [0.1, 0.15) is 51.7 Å². The highest BCUT2D eigenvalue weighted by Gasteiger charge is 2.09. The number of nitrogens with one attached hydrogen (secondary N) is 2. The van der Waals surface area contributed by atoms with E-state index in [0.717, 1.165) is 31.3 Å². The van der Waals surface area contributed by atoms with Gasteiger partial charge in [-0.25, -0.2) is 0 Å². The van der Waals surface area contributed by atoms with Crippen LogP contribution in [0, 0.1) is 5.92 Å². The lowest BCUT2D eigenvalue weighted by atomic mass is 10.1. The third-order valence-electron chi connectivity index (χ3n) is 2.87. The van der Waals surface area contributed by atoms with Gasteiger partial charge < -0.3 is 15.2 Å². The number of aliphatic imine (C=N–C) groups is 1. The first-order valence-electron chi connectivity index (χ1n) is 7.30. The molecule has 0 bridgehead atoms. The summed E-state index contributed by atoms with van der Waals surface area (Å²) in [5.41, 5.74) is 0. The summed E-state index contributed by atoms with van der Waals surface area (Å²) in [4.78, 5) is 8.52. The van der Waals surface area contributed by atoms with Crippen LogP contribution in [0.15, 0.2) is 9.52 Å². The summed E-state index contributed by atoms with van der Waals surface area (Å²) in [6.45, 7) is 10.2. The van der Waals surface area contributed by atoms with Crippen LogP contribution in [0.5, 0.6) is 0 Å². The Kier molecular flexibility index (Phi) is 10.4. The highest BCUT2D eigenvalue weighted by atomic mass is 127. The summed E-state index contributed by atoms with van der Waals surface area (Å²) in [7, 11) is 1.77. The Hall–Kier alpha value is -0.860. The standard InChI is InChI=1S/C14H27N5O.HI/c1-10(2)6-8-16-14(15-5)17-9-7-12-18-13(11(3)4)19-20-12;/h10-11H,6-9H2,1-5H3,(H2,15,16,17);1H. The molecular weight excluding hydrogens is 381 g/mol. The first-order chi connectivity index (χ1) is 9.52. The van der Waals surface area contributed by atoms with Crippen molar-refractivity contribution in [2.45, 2.75) is 46.5 Å². The third kappa shape index (κ3) is 8.23. The van der Waals surface area contributed by atoms with E-state index in [4.69, 9.17) is 4.52 Å². The van der Waals surface area contributed by atoms with Crippen LogP contribution in [0.2, 0.25) is 0 Å². The van der Waals surface area contributed by atoms with Crippen LogP contribution >= 0.6 is 24.0 Å². The number of guanidine groups is 1. The quantitative estimate of drug-likeness (QED) is 0.411. The van der Waals surface area contributed by atoms with E-state index in [1.165, 1.54) is 0 Å². The molecule has 21 heavy (non-hydrogen) atoms. The smallest absolute Gasteiger partial charge is 0.228 e. The first kappa shape index (κ1) is 20.1. The first-order valence-corrected chi connectivity index (χ1v) is 7.30. The van der Waals surface area contributed by atoms with Gasteiger partial charge in [0.2, 0.25) is 5.89 Å². The fourth-order valence-electron chi connectivity index (χ4n) is 1.59. The molecule has 0 saturated heterocycles. The summed E-state index contributed by atoms with van der Waals surface area (Å²) in [6.07, 6.45) is 1.83. The van der Waals surface area contributed by atoms with Gasteiger partial charge in [-0.3, -0.25) is 4.99 Å². The average molecular weight is 409 g/mol. The Balaban J connectivity index is 0.00000400. The highest BCUT2D eigenvalue weighted by molar-refractivity contribution is 14.0. The van der Waals surface area contributed by atoms with Gasteiger partial charge in [-0.2, -0.15) is 4.98 Å². The maximum Gasteiger partial charge on any atom is 0.228 e. The van der Waals surface area contributed by atoms with E-state index in [-0.39, 0.29) is 24.0 Å². The largest absolute Gasteiger partial charge is 0.356 e. The zero-order valence-electron chi connectivity index (χ0n) is 13.6. The van der Waals surface area contributed by atoms with E-state index in [9.17, 15) is 0 Å². The van der Waals surface area contributed by atoms with E-state index in [0.29, 0.717) is 24.1 Å². The second kappa shape index (κ2) is 10.8. The fraction of sp³-hybridized carbons (Fsp3) is 0.786. The van der Waals surface area contributed by atoms with Crippen LogP contribution in [0.4, 0.5) is 0 Å². The van der Waals surface area contributed by atoms with Gasteiger partial charge in [0.1, 0.15) is 0 Å². The van der Waals surface area contributed by atoms with Crippen molar-refractivity contribution in [3.63, 3.8) is 0 Å². The molecule has 0 amide bonds. The van der Waals surface area contributed by atoms with Crippen molar-refractivity contribution in [1.82, 2.24) is 20.8 Å². The molecule has 0 saturated carbocycles. The van der Waals surface area contributed by atoms with Crippen LogP contribution in [0.25, 0.3) is 0 Å².